The molecule has 0 spiro atoms. The van der Waals surface area contributed by atoms with Crippen molar-refractivity contribution in [3.05, 3.63) is 66.2 Å². The standard InChI is InChI=1S/C20H20N2O2/c1-13(2)24-20(23)15-10-11-19(17(21)12-15)22-18-9-5-7-14-6-3-4-8-16(14)18/h3-13,22H,21H2,1-2H3. The van der Waals surface area contributed by atoms with E-state index in [1.54, 1.807) is 18.2 Å². The van der Waals surface area contributed by atoms with Crippen molar-refractivity contribution in [2.24, 2.45) is 0 Å². The van der Waals surface area contributed by atoms with Gasteiger partial charge in [0.1, 0.15) is 0 Å². The first-order chi connectivity index (χ1) is 11.5. The Labute approximate surface area is 141 Å². The van der Waals surface area contributed by atoms with Crippen LogP contribution in [0.15, 0.2) is 60.7 Å². The molecule has 24 heavy (non-hydrogen) atoms. The molecule has 0 aliphatic rings. The van der Waals surface area contributed by atoms with E-state index in [9.17, 15) is 4.79 Å². The molecule has 0 aliphatic carbocycles. The number of rotatable bonds is 4. The van der Waals surface area contributed by atoms with Crippen LogP contribution in [-0.2, 0) is 4.74 Å². The van der Waals surface area contributed by atoms with Crippen molar-refractivity contribution in [3.8, 4) is 0 Å². The van der Waals surface area contributed by atoms with Crippen LogP contribution in [0.2, 0.25) is 0 Å². The van der Waals surface area contributed by atoms with Gasteiger partial charge in [0.15, 0.2) is 0 Å². The molecule has 0 heterocycles. The largest absolute Gasteiger partial charge is 0.459 e. The summed E-state index contributed by atoms with van der Waals surface area (Å²) in [6, 6.07) is 19.3. The fraction of sp³-hybridized carbons (Fsp3) is 0.150. The number of carbonyl (C=O) groups is 1. The average molecular weight is 320 g/mol. The molecule has 122 valence electrons. The Morgan fingerprint density at radius 2 is 1.75 bits per heavy atom. The van der Waals surface area contributed by atoms with Crippen molar-refractivity contribution in [3.63, 3.8) is 0 Å². The van der Waals surface area contributed by atoms with E-state index in [1.165, 1.54) is 0 Å². The van der Waals surface area contributed by atoms with Gasteiger partial charge in [-0.25, -0.2) is 4.79 Å². The van der Waals surface area contributed by atoms with E-state index < -0.39 is 0 Å². The van der Waals surface area contributed by atoms with Crippen LogP contribution in [0.5, 0.6) is 0 Å². The number of ether oxygens (including phenoxy) is 1. The lowest BCUT2D eigenvalue weighted by Gasteiger charge is -2.13. The third-order valence-corrected chi connectivity index (χ3v) is 3.69. The minimum atomic E-state index is -0.367. The van der Waals surface area contributed by atoms with Gasteiger partial charge in [0.2, 0.25) is 0 Å². The molecular weight excluding hydrogens is 300 g/mol. The molecule has 0 fully saturated rings. The van der Waals surface area contributed by atoms with Gasteiger partial charge in [0.25, 0.3) is 0 Å². The predicted octanol–water partition coefficient (Wildman–Crippen LogP) is 4.73. The van der Waals surface area contributed by atoms with E-state index in [0.717, 1.165) is 22.1 Å². The van der Waals surface area contributed by atoms with Crippen LogP contribution >= 0.6 is 0 Å². The summed E-state index contributed by atoms with van der Waals surface area (Å²) in [6.45, 7) is 3.63. The summed E-state index contributed by atoms with van der Waals surface area (Å²) in [5.74, 6) is -0.367. The number of hydrogen-bond donors (Lipinski definition) is 2. The minimum Gasteiger partial charge on any atom is -0.459 e. The number of fused-ring (bicyclic) bond motifs is 1. The maximum absolute atomic E-state index is 12.0. The Bertz CT molecular complexity index is 882. The van der Waals surface area contributed by atoms with Crippen LogP contribution < -0.4 is 11.1 Å². The molecule has 0 aromatic heterocycles. The van der Waals surface area contributed by atoms with Crippen molar-refractivity contribution < 1.29 is 9.53 Å². The van der Waals surface area contributed by atoms with Gasteiger partial charge >= 0.3 is 5.97 Å². The molecule has 0 radical (unpaired) electrons. The van der Waals surface area contributed by atoms with Gasteiger partial charge < -0.3 is 15.8 Å². The van der Waals surface area contributed by atoms with Gasteiger partial charge in [-0.15, -0.1) is 0 Å². The third-order valence-electron chi connectivity index (χ3n) is 3.69. The van der Waals surface area contributed by atoms with Crippen LogP contribution in [0.4, 0.5) is 17.1 Å². The normalized spacial score (nSPS) is 10.8. The maximum atomic E-state index is 12.0. The van der Waals surface area contributed by atoms with Gasteiger partial charge in [-0.1, -0.05) is 36.4 Å². The lowest BCUT2D eigenvalue weighted by Crippen LogP contribution is -2.12. The number of hydrogen-bond acceptors (Lipinski definition) is 4. The van der Waals surface area contributed by atoms with Crippen LogP contribution in [0.25, 0.3) is 10.8 Å². The molecule has 4 nitrogen and oxygen atoms in total. The van der Waals surface area contributed by atoms with Gasteiger partial charge in [-0.3, -0.25) is 0 Å². The monoisotopic (exact) mass is 320 g/mol. The average Bonchev–Trinajstić information content (AvgIpc) is 2.56. The molecule has 0 bridgehead atoms. The van der Waals surface area contributed by atoms with Gasteiger partial charge in [0.05, 0.1) is 23.0 Å². The predicted molar refractivity (Wildman–Crippen MR) is 98.6 cm³/mol. The number of nitrogens with two attached hydrogens (primary N) is 1. The number of carbonyl (C=O) groups excluding carboxylic acids is 1. The molecule has 4 heteroatoms. The Morgan fingerprint density at radius 1 is 1.00 bits per heavy atom. The van der Waals surface area contributed by atoms with Gasteiger partial charge in [-0.2, -0.15) is 0 Å². The highest BCUT2D eigenvalue weighted by Gasteiger charge is 2.11. The van der Waals surface area contributed by atoms with Crippen LogP contribution in [0, 0.1) is 0 Å². The lowest BCUT2D eigenvalue weighted by molar-refractivity contribution is 0.0378. The lowest BCUT2D eigenvalue weighted by atomic mass is 10.1. The second-order valence-electron chi connectivity index (χ2n) is 5.91. The summed E-state index contributed by atoms with van der Waals surface area (Å²) in [5, 5.41) is 5.61. The van der Waals surface area contributed by atoms with Crippen molar-refractivity contribution in [2.75, 3.05) is 11.1 Å². The van der Waals surface area contributed by atoms with Crippen molar-refractivity contribution >= 4 is 33.8 Å². The Hall–Kier alpha value is -3.01. The number of esters is 1. The first kappa shape index (κ1) is 15.9. The number of benzene rings is 3. The second-order valence-corrected chi connectivity index (χ2v) is 5.91. The van der Waals surface area contributed by atoms with E-state index in [-0.39, 0.29) is 12.1 Å². The zero-order valence-corrected chi connectivity index (χ0v) is 13.7. The van der Waals surface area contributed by atoms with E-state index in [2.05, 4.69) is 23.5 Å². The molecule has 0 saturated carbocycles. The maximum Gasteiger partial charge on any atom is 0.338 e. The van der Waals surface area contributed by atoms with E-state index in [0.29, 0.717) is 11.3 Å². The van der Waals surface area contributed by atoms with Gasteiger partial charge in [-0.05, 0) is 43.5 Å². The SMILES string of the molecule is CC(C)OC(=O)c1ccc(Nc2cccc3ccccc23)c(N)c1. The van der Waals surface area contributed by atoms with Crippen LogP contribution in [-0.4, -0.2) is 12.1 Å². The van der Waals surface area contributed by atoms with Crippen LogP contribution in [0.1, 0.15) is 24.2 Å². The molecule has 3 rings (SSSR count). The summed E-state index contributed by atoms with van der Waals surface area (Å²) in [7, 11) is 0. The first-order valence-corrected chi connectivity index (χ1v) is 7.90. The third kappa shape index (κ3) is 3.33. The highest BCUT2D eigenvalue weighted by atomic mass is 16.5. The Morgan fingerprint density at radius 3 is 2.50 bits per heavy atom. The first-order valence-electron chi connectivity index (χ1n) is 7.90. The van der Waals surface area contributed by atoms with Crippen molar-refractivity contribution in [1.29, 1.82) is 0 Å². The molecule has 0 amide bonds. The zero-order chi connectivity index (χ0) is 17.1. The molecule has 0 atom stereocenters. The molecule has 0 aliphatic heterocycles. The fourth-order valence-corrected chi connectivity index (χ4v) is 2.57. The van der Waals surface area contributed by atoms with Gasteiger partial charge in [0, 0.05) is 11.1 Å². The number of nitrogens with one attached hydrogen (secondary N) is 1. The Balaban J connectivity index is 1.89. The van der Waals surface area contributed by atoms with E-state index >= 15 is 0 Å². The quantitative estimate of drug-likeness (QED) is 0.539. The number of anilines is 3. The van der Waals surface area contributed by atoms with Crippen molar-refractivity contribution in [2.45, 2.75) is 20.0 Å². The summed E-state index contributed by atoms with van der Waals surface area (Å²) >= 11 is 0. The Kier molecular flexibility index (Phi) is 4.38. The molecule has 3 N–H and O–H groups in total. The fourth-order valence-electron chi connectivity index (χ4n) is 2.57. The minimum absolute atomic E-state index is 0.160. The van der Waals surface area contributed by atoms with Crippen molar-refractivity contribution in [1.82, 2.24) is 0 Å². The van der Waals surface area contributed by atoms with Crippen LogP contribution in [0.3, 0.4) is 0 Å². The highest BCUT2D eigenvalue weighted by Crippen LogP contribution is 2.29. The van der Waals surface area contributed by atoms with E-state index in [1.807, 2.05) is 38.1 Å². The molecule has 3 aromatic rings. The van der Waals surface area contributed by atoms with E-state index in [4.69, 9.17) is 10.5 Å². The molecule has 3 aromatic carbocycles. The molecular formula is C20H20N2O2. The summed E-state index contributed by atoms with van der Waals surface area (Å²) < 4.78 is 5.19. The number of nitrogen functional groups attached to an aromatic ring is 1. The smallest absolute Gasteiger partial charge is 0.338 e. The highest BCUT2D eigenvalue weighted by molar-refractivity contribution is 5.97. The molecule has 0 unspecified atom stereocenters. The second kappa shape index (κ2) is 6.62. The summed E-state index contributed by atoms with van der Waals surface area (Å²) in [4.78, 5) is 12.0. The summed E-state index contributed by atoms with van der Waals surface area (Å²) in [5.41, 5.74) is 8.79. The topological polar surface area (TPSA) is 64.3 Å². The summed E-state index contributed by atoms with van der Waals surface area (Å²) in [6.07, 6.45) is -0.160. The molecule has 0 saturated heterocycles. The zero-order valence-electron chi connectivity index (χ0n) is 13.7.